The Morgan fingerprint density at radius 2 is 2.08 bits per heavy atom. The lowest BCUT2D eigenvalue weighted by molar-refractivity contribution is 0.180. The lowest BCUT2D eigenvalue weighted by Gasteiger charge is -2.24. The predicted octanol–water partition coefficient (Wildman–Crippen LogP) is 1.02. The van der Waals surface area contributed by atoms with Gasteiger partial charge in [-0.25, -0.2) is 0 Å². The van der Waals surface area contributed by atoms with Crippen LogP contribution in [0.1, 0.15) is 18.2 Å². The smallest absolute Gasteiger partial charge is 0.191 e. The Labute approximate surface area is 146 Å². The molecular weight excluding hydrogens is 306 g/mol. The van der Waals surface area contributed by atoms with Gasteiger partial charge in [0.05, 0.1) is 12.3 Å². The van der Waals surface area contributed by atoms with Gasteiger partial charge in [0.25, 0.3) is 0 Å². The summed E-state index contributed by atoms with van der Waals surface area (Å²) >= 11 is 0. The van der Waals surface area contributed by atoms with Crippen molar-refractivity contribution >= 4 is 5.96 Å². The third-order valence-corrected chi connectivity index (χ3v) is 3.86. The lowest BCUT2D eigenvalue weighted by atomic mass is 10.2. The molecule has 0 fully saturated rings. The first kappa shape index (κ1) is 20.5. The van der Waals surface area contributed by atoms with Crippen molar-refractivity contribution in [3.05, 3.63) is 24.2 Å². The molecule has 1 rings (SSSR count). The quantitative estimate of drug-likeness (QED) is 0.356. The monoisotopic (exact) mass is 339 g/mol. The third kappa shape index (κ3) is 7.81. The van der Waals surface area contributed by atoms with Gasteiger partial charge in [-0.3, -0.25) is 9.89 Å². The highest BCUT2D eigenvalue weighted by atomic mass is 16.5. The molecule has 0 amide bonds. The molecule has 7 heteroatoms. The van der Waals surface area contributed by atoms with Crippen molar-refractivity contribution in [1.29, 1.82) is 0 Å². The molecule has 1 aromatic rings. The van der Waals surface area contributed by atoms with Crippen molar-refractivity contribution in [2.75, 3.05) is 68.1 Å². The zero-order valence-electron chi connectivity index (χ0n) is 15.7. The summed E-state index contributed by atoms with van der Waals surface area (Å²) in [5.41, 5.74) is 0. The average molecular weight is 339 g/mol. The first-order valence-corrected chi connectivity index (χ1v) is 8.40. The summed E-state index contributed by atoms with van der Waals surface area (Å²) in [6.07, 6.45) is 2.76. The van der Waals surface area contributed by atoms with Gasteiger partial charge in [-0.1, -0.05) is 0 Å². The van der Waals surface area contributed by atoms with E-state index in [2.05, 4.69) is 32.5 Å². The zero-order chi connectivity index (χ0) is 17.8. The van der Waals surface area contributed by atoms with Crippen molar-refractivity contribution < 1.29 is 9.15 Å². The van der Waals surface area contributed by atoms with Crippen molar-refractivity contribution in [2.45, 2.75) is 12.5 Å². The molecule has 0 aromatic carbocycles. The third-order valence-electron chi connectivity index (χ3n) is 3.86. The summed E-state index contributed by atoms with van der Waals surface area (Å²) in [5.74, 6) is 1.75. The van der Waals surface area contributed by atoms with Crippen molar-refractivity contribution in [3.63, 3.8) is 0 Å². The molecule has 0 saturated carbocycles. The number of furan rings is 1. The minimum absolute atomic E-state index is 0.162. The number of hydrogen-bond acceptors (Lipinski definition) is 5. The molecule has 1 unspecified atom stereocenters. The molecule has 2 N–H and O–H groups in total. The van der Waals surface area contributed by atoms with Crippen molar-refractivity contribution in [1.82, 2.24) is 20.4 Å². The number of guanidine groups is 1. The molecule has 24 heavy (non-hydrogen) atoms. The van der Waals surface area contributed by atoms with Crippen molar-refractivity contribution in [2.24, 2.45) is 4.99 Å². The summed E-state index contributed by atoms with van der Waals surface area (Å²) in [6.45, 7) is 4.36. The number of nitrogens with one attached hydrogen (secondary N) is 2. The van der Waals surface area contributed by atoms with Gasteiger partial charge < -0.3 is 24.7 Å². The maximum atomic E-state index is 5.52. The van der Waals surface area contributed by atoms with Crippen LogP contribution in [0, 0.1) is 0 Å². The van der Waals surface area contributed by atoms with E-state index in [0.29, 0.717) is 0 Å². The number of methoxy groups -OCH3 is 1. The van der Waals surface area contributed by atoms with E-state index in [0.717, 1.165) is 50.9 Å². The molecule has 138 valence electrons. The molecule has 0 saturated heterocycles. The Balaban J connectivity index is 2.31. The van der Waals surface area contributed by atoms with Crippen LogP contribution >= 0.6 is 0 Å². The normalized spacial score (nSPS) is 13.5. The fraction of sp³-hybridized carbons (Fsp3) is 0.706. The fourth-order valence-corrected chi connectivity index (χ4v) is 2.39. The SMILES string of the molecule is CN=C(NCCN(C)CCCOC)NCC(c1ccco1)N(C)C. The van der Waals surface area contributed by atoms with E-state index in [9.17, 15) is 0 Å². The highest BCUT2D eigenvalue weighted by molar-refractivity contribution is 5.79. The van der Waals surface area contributed by atoms with Gasteiger partial charge in [-0.15, -0.1) is 0 Å². The fourth-order valence-electron chi connectivity index (χ4n) is 2.39. The topological polar surface area (TPSA) is 65.3 Å². The van der Waals surface area contributed by atoms with Crippen LogP contribution in [0.15, 0.2) is 27.8 Å². The number of hydrogen-bond donors (Lipinski definition) is 2. The number of likely N-dealkylation sites (N-methyl/N-ethyl adjacent to an activating group) is 2. The second-order valence-corrected chi connectivity index (χ2v) is 6.02. The number of aliphatic imine (C=N–C) groups is 1. The van der Waals surface area contributed by atoms with E-state index < -0.39 is 0 Å². The van der Waals surface area contributed by atoms with E-state index in [1.165, 1.54) is 0 Å². The summed E-state index contributed by atoms with van der Waals surface area (Å²) in [5, 5.41) is 6.71. The van der Waals surface area contributed by atoms with Crippen LogP contribution in [-0.4, -0.2) is 83.8 Å². The van der Waals surface area contributed by atoms with E-state index in [-0.39, 0.29) is 6.04 Å². The minimum Gasteiger partial charge on any atom is -0.468 e. The van der Waals surface area contributed by atoms with Crippen molar-refractivity contribution in [3.8, 4) is 0 Å². The van der Waals surface area contributed by atoms with Gasteiger partial charge >= 0.3 is 0 Å². The van der Waals surface area contributed by atoms with Crippen LogP contribution in [0.5, 0.6) is 0 Å². The van der Waals surface area contributed by atoms with E-state index >= 15 is 0 Å². The maximum Gasteiger partial charge on any atom is 0.191 e. The molecule has 7 nitrogen and oxygen atoms in total. The van der Waals surface area contributed by atoms with E-state index in [4.69, 9.17) is 9.15 Å². The minimum atomic E-state index is 0.162. The molecule has 0 aliphatic heterocycles. The first-order valence-electron chi connectivity index (χ1n) is 8.40. The standard InChI is InChI=1S/C17H33N5O2/c1-18-17(19-9-11-22(4)10-7-12-23-5)20-14-15(21(2)3)16-8-6-13-24-16/h6,8,13,15H,7,9-12,14H2,1-5H3,(H2,18,19,20). The van der Waals surface area contributed by atoms with Crippen LogP contribution in [0.25, 0.3) is 0 Å². The summed E-state index contributed by atoms with van der Waals surface area (Å²) in [7, 11) is 9.72. The molecule has 1 aromatic heterocycles. The lowest BCUT2D eigenvalue weighted by Crippen LogP contribution is -2.44. The van der Waals surface area contributed by atoms with Crippen LogP contribution in [0.4, 0.5) is 0 Å². The molecule has 0 bridgehead atoms. The molecule has 1 heterocycles. The molecule has 0 aliphatic rings. The van der Waals surface area contributed by atoms with Gasteiger partial charge in [-0.05, 0) is 39.7 Å². The second kappa shape index (κ2) is 11.9. The maximum absolute atomic E-state index is 5.52. The Bertz CT molecular complexity index is 448. The zero-order valence-corrected chi connectivity index (χ0v) is 15.7. The number of rotatable bonds is 11. The number of nitrogens with zero attached hydrogens (tertiary/aromatic N) is 3. The summed E-state index contributed by atoms with van der Waals surface area (Å²) < 4.78 is 10.6. The van der Waals surface area contributed by atoms with Crippen LogP contribution in [0.3, 0.4) is 0 Å². The Morgan fingerprint density at radius 1 is 1.29 bits per heavy atom. The Morgan fingerprint density at radius 3 is 2.67 bits per heavy atom. The Kier molecular flexibility index (Phi) is 10.1. The highest BCUT2D eigenvalue weighted by Gasteiger charge is 2.17. The van der Waals surface area contributed by atoms with Crippen LogP contribution in [-0.2, 0) is 4.74 Å². The molecule has 0 aliphatic carbocycles. The highest BCUT2D eigenvalue weighted by Crippen LogP contribution is 2.17. The van der Waals surface area contributed by atoms with Gasteiger partial charge in [0, 0.05) is 46.9 Å². The van der Waals surface area contributed by atoms with Gasteiger partial charge in [-0.2, -0.15) is 0 Å². The molecule has 0 spiro atoms. The van der Waals surface area contributed by atoms with Crippen LogP contribution in [0.2, 0.25) is 0 Å². The second-order valence-electron chi connectivity index (χ2n) is 6.02. The van der Waals surface area contributed by atoms with E-state index in [1.54, 1.807) is 20.4 Å². The van der Waals surface area contributed by atoms with Gasteiger partial charge in [0.1, 0.15) is 5.76 Å². The number of ether oxygens (including phenoxy) is 1. The average Bonchev–Trinajstić information content (AvgIpc) is 3.07. The Hall–Kier alpha value is -1.57. The van der Waals surface area contributed by atoms with Crippen LogP contribution < -0.4 is 10.6 Å². The summed E-state index contributed by atoms with van der Waals surface area (Å²) in [6, 6.07) is 4.07. The largest absolute Gasteiger partial charge is 0.468 e. The predicted molar refractivity (Wildman–Crippen MR) is 98.5 cm³/mol. The molecule has 1 atom stereocenters. The van der Waals surface area contributed by atoms with E-state index in [1.807, 2.05) is 26.2 Å². The first-order chi connectivity index (χ1) is 11.6. The summed E-state index contributed by atoms with van der Waals surface area (Å²) in [4.78, 5) is 8.69. The van der Waals surface area contributed by atoms with Gasteiger partial charge in [0.2, 0.25) is 0 Å². The van der Waals surface area contributed by atoms with Gasteiger partial charge in [0.15, 0.2) is 5.96 Å². The molecule has 0 radical (unpaired) electrons. The molecular formula is C17H33N5O2.